The van der Waals surface area contributed by atoms with Crippen molar-refractivity contribution in [3.8, 4) is 0 Å². The summed E-state index contributed by atoms with van der Waals surface area (Å²) in [6, 6.07) is 16.9. The molecule has 0 radical (unpaired) electrons. The lowest BCUT2D eigenvalue weighted by Gasteiger charge is -2.38. The van der Waals surface area contributed by atoms with Crippen LogP contribution in [-0.4, -0.2) is 72.5 Å². The quantitative estimate of drug-likeness (QED) is 0.729. The molecule has 0 aromatic heterocycles. The summed E-state index contributed by atoms with van der Waals surface area (Å²) < 4.78 is 5.46. The maximum Gasteiger partial charge on any atom is 0.410 e. The van der Waals surface area contributed by atoms with E-state index in [1.807, 2.05) is 52.3 Å². The first-order valence-corrected chi connectivity index (χ1v) is 11.4. The van der Waals surface area contributed by atoms with Crippen LogP contribution < -0.4 is 5.73 Å². The van der Waals surface area contributed by atoms with Crippen molar-refractivity contribution in [2.24, 2.45) is 5.92 Å². The molecule has 2 amide bonds. The van der Waals surface area contributed by atoms with E-state index in [0.29, 0.717) is 23.8 Å². The zero-order chi connectivity index (χ0) is 22.3. The number of carbonyl (C=O) groups excluding carboxylic acids is 2. The molecule has 7 heteroatoms. The topological polar surface area (TPSA) is 79.1 Å². The van der Waals surface area contributed by atoms with E-state index in [-0.39, 0.29) is 12.0 Å². The molecule has 2 heterocycles. The number of likely N-dealkylation sites (tertiary alicyclic amines) is 1. The Morgan fingerprint density at radius 2 is 1.59 bits per heavy atom. The molecule has 0 spiro atoms. The molecule has 170 valence electrons. The van der Waals surface area contributed by atoms with Crippen molar-refractivity contribution >= 4 is 17.7 Å². The van der Waals surface area contributed by atoms with Crippen LogP contribution in [0.4, 0.5) is 10.5 Å². The minimum Gasteiger partial charge on any atom is -0.445 e. The van der Waals surface area contributed by atoms with Gasteiger partial charge in [-0.1, -0.05) is 36.4 Å². The molecule has 2 aromatic carbocycles. The van der Waals surface area contributed by atoms with Crippen LogP contribution in [-0.2, 0) is 11.3 Å². The maximum atomic E-state index is 12.7. The number of rotatable bonds is 5. The van der Waals surface area contributed by atoms with Crippen molar-refractivity contribution in [2.75, 3.05) is 51.5 Å². The predicted octanol–water partition coefficient (Wildman–Crippen LogP) is 3.08. The lowest BCUT2D eigenvalue weighted by Crippen LogP contribution is -2.50. The Morgan fingerprint density at radius 3 is 2.28 bits per heavy atom. The van der Waals surface area contributed by atoms with Crippen LogP contribution >= 0.6 is 0 Å². The summed E-state index contributed by atoms with van der Waals surface area (Å²) in [6.45, 7) is 6.06. The molecule has 2 N–H and O–H groups in total. The van der Waals surface area contributed by atoms with Crippen LogP contribution in [0.2, 0.25) is 0 Å². The molecule has 2 saturated heterocycles. The lowest BCUT2D eigenvalue weighted by atomic mass is 9.96. The van der Waals surface area contributed by atoms with E-state index < -0.39 is 0 Å². The Labute approximate surface area is 189 Å². The van der Waals surface area contributed by atoms with Gasteiger partial charge in [-0.15, -0.1) is 0 Å². The highest BCUT2D eigenvalue weighted by atomic mass is 16.6. The summed E-state index contributed by atoms with van der Waals surface area (Å²) >= 11 is 0. The van der Waals surface area contributed by atoms with Gasteiger partial charge >= 0.3 is 6.09 Å². The van der Waals surface area contributed by atoms with Gasteiger partial charge in [0.15, 0.2) is 0 Å². The Balaban J connectivity index is 1.16. The van der Waals surface area contributed by atoms with E-state index in [9.17, 15) is 9.59 Å². The zero-order valence-electron chi connectivity index (χ0n) is 18.5. The van der Waals surface area contributed by atoms with Crippen LogP contribution in [0.5, 0.6) is 0 Å². The van der Waals surface area contributed by atoms with Gasteiger partial charge in [-0.2, -0.15) is 0 Å². The number of hydrogen-bond acceptors (Lipinski definition) is 5. The fraction of sp³-hybridized carbons (Fsp3) is 0.440. The largest absolute Gasteiger partial charge is 0.445 e. The van der Waals surface area contributed by atoms with Gasteiger partial charge in [-0.05, 0) is 42.5 Å². The molecular weight excluding hydrogens is 404 g/mol. The first-order valence-electron chi connectivity index (χ1n) is 11.4. The molecule has 4 rings (SSSR count). The fourth-order valence-electron chi connectivity index (χ4n) is 4.46. The molecule has 0 bridgehead atoms. The zero-order valence-corrected chi connectivity index (χ0v) is 18.5. The first kappa shape index (κ1) is 22.1. The van der Waals surface area contributed by atoms with Crippen LogP contribution in [0.1, 0.15) is 28.8 Å². The predicted molar refractivity (Wildman–Crippen MR) is 124 cm³/mol. The Morgan fingerprint density at radius 1 is 0.875 bits per heavy atom. The maximum absolute atomic E-state index is 12.7. The number of benzene rings is 2. The standard InChI is InChI=1S/C25H32N4O3/c26-23-8-4-7-22(17-23)24(30)28-15-13-27(14-16-28)18-20-9-11-29(12-10-20)25(31)32-19-21-5-2-1-3-6-21/h1-8,17,20H,9-16,18-19,26H2. The van der Waals surface area contributed by atoms with Crippen LogP contribution in [0.25, 0.3) is 0 Å². The van der Waals surface area contributed by atoms with Crippen molar-refractivity contribution in [2.45, 2.75) is 19.4 Å². The molecule has 7 nitrogen and oxygen atoms in total. The van der Waals surface area contributed by atoms with Gasteiger partial charge in [0.05, 0.1) is 0 Å². The highest BCUT2D eigenvalue weighted by Gasteiger charge is 2.27. The molecule has 2 aliphatic rings. The number of piperazine rings is 1. The van der Waals surface area contributed by atoms with E-state index >= 15 is 0 Å². The van der Waals surface area contributed by atoms with Crippen molar-refractivity contribution in [3.05, 3.63) is 65.7 Å². The molecule has 0 aliphatic carbocycles. The lowest BCUT2D eigenvalue weighted by molar-refractivity contribution is 0.0565. The Hall–Kier alpha value is -3.06. The van der Waals surface area contributed by atoms with Gasteiger partial charge in [-0.3, -0.25) is 9.69 Å². The van der Waals surface area contributed by atoms with E-state index in [4.69, 9.17) is 10.5 Å². The number of anilines is 1. The summed E-state index contributed by atoms with van der Waals surface area (Å²) in [7, 11) is 0. The third-order valence-corrected chi connectivity index (χ3v) is 6.39. The SMILES string of the molecule is Nc1cccc(C(=O)N2CCN(CC3CCN(C(=O)OCc4ccccc4)CC3)CC2)c1. The van der Waals surface area contributed by atoms with Crippen LogP contribution in [0.15, 0.2) is 54.6 Å². The number of nitrogen functional groups attached to an aromatic ring is 1. The summed E-state index contributed by atoms with van der Waals surface area (Å²) in [5.74, 6) is 0.628. The molecule has 0 saturated carbocycles. The summed E-state index contributed by atoms with van der Waals surface area (Å²) in [5.41, 5.74) is 8.09. The average molecular weight is 437 g/mol. The van der Waals surface area contributed by atoms with Crippen LogP contribution in [0, 0.1) is 5.92 Å². The second-order valence-corrected chi connectivity index (χ2v) is 8.69. The van der Waals surface area contributed by atoms with Crippen molar-refractivity contribution in [1.82, 2.24) is 14.7 Å². The molecule has 2 aromatic rings. The highest BCUT2D eigenvalue weighted by Crippen LogP contribution is 2.21. The second kappa shape index (κ2) is 10.5. The number of carbonyl (C=O) groups is 2. The summed E-state index contributed by atoms with van der Waals surface area (Å²) in [5, 5.41) is 0. The third-order valence-electron chi connectivity index (χ3n) is 6.39. The van der Waals surface area contributed by atoms with Crippen molar-refractivity contribution in [3.63, 3.8) is 0 Å². The Kier molecular flexibility index (Phi) is 7.27. The second-order valence-electron chi connectivity index (χ2n) is 8.69. The third kappa shape index (κ3) is 5.79. The van der Waals surface area contributed by atoms with Crippen molar-refractivity contribution in [1.29, 1.82) is 0 Å². The normalized spacial score (nSPS) is 17.9. The number of amides is 2. The molecule has 2 fully saturated rings. The Bertz CT molecular complexity index is 904. The highest BCUT2D eigenvalue weighted by molar-refractivity contribution is 5.95. The van der Waals surface area contributed by atoms with Gasteiger partial charge in [0.2, 0.25) is 0 Å². The van der Waals surface area contributed by atoms with E-state index in [1.165, 1.54) is 0 Å². The van der Waals surface area contributed by atoms with Crippen LogP contribution in [0.3, 0.4) is 0 Å². The summed E-state index contributed by atoms with van der Waals surface area (Å²) in [4.78, 5) is 31.2. The number of ether oxygens (including phenoxy) is 1. The number of nitrogens with two attached hydrogens (primary N) is 1. The van der Waals surface area contributed by atoms with Gasteiger partial charge < -0.3 is 20.3 Å². The first-order chi connectivity index (χ1) is 15.6. The van der Waals surface area contributed by atoms with Gasteiger partial charge in [0, 0.05) is 57.1 Å². The van der Waals surface area contributed by atoms with Gasteiger partial charge in [0.1, 0.15) is 6.61 Å². The minimum absolute atomic E-state index is 0.0549. The fourth-order valence-corrected chi connectivity index (χ4v) is 4.46. The van der Waals surface area contributed by atoms with Gasteiger partial charge in [0.25, 0.3) is 5.91 Å². The van der Waals surface area contributed by atoms with Crippen molar-refractivity contribution < 1.29 is 14.3 Å². The number of piperidine rings is 1. The van der Waals surface area contributed by atoms with E-state index in [1.54, 1.807) is 12.1 Å². The summed E-state index contributed by atoms with van der Waals surface area (Å²) in [6.07, 6.45) is 1.76. The van der Waals surface area contributed by atoms with Gasteiger partial charge in [-0.25, -0.2) is 4.79 Å². The molecule has 0 atom stereocenters. The average Bonchev–Trinajstić information content (AvgIpc) is 2.84. The molecule has 2 aliphatic heterocycles. The molecular formula is C25H32N4O3. The monoisotopic (exact) mass is 436 g/mol. The number of nitrogens with zero attached hydrogens (tertiary/aromatic N) is 3. The smallest absolute Gasteiger partial charge is 0.410 e. The molecule has 32 heavy (non-hydrogen) atoms. The van der Waals surface area contributed by atoms with E-state index in [2.05, 4.69) is 4.90 Å². The molecule has 0 unspecified atom stereocenters. The minimum atomic E-state index is -0.221. The van der Waals surface area contributed by atoms with E-state index in [0.717, 1.165) is 64.2 Å². The number of hydrogen-bond donors (Lipinski definition) is 1.